The SMILES string of the molecule is Cc1ccc(-c2ccc(F)c(CN[C@H](C)C(C)C)n2)s1. The van der Waals surface area contributed by atoms with E-state index in [1.807, 2.05) is 6.07 Å². The summed E-state index contributed by atoms with van der Waals surface area (Å²) in [5.41, 5.74) is 1.33. The number of nitrogens with one attached hydrogen (secondary N) is 1. The Morgan fingerprint density at radius 3 is 2.55 bits per heavy atom. The second-order valence-electron chi connectivity index (χ2n) is 5.45. The van der Waals surface area contributed by atoms with Gasteiger partial charge in [0.05, 0.1) is 16.3 Å². The molecule has 0 radical (unpaired) electrons. The lowest BCUT2D eigenvalue weighted by atomic mass is 10.1. The highest BCUT2D eigenvalue weighted by Crippen LogP contribution is 2.26. The maximum atomic E-state index is 13.8. The fourth-order valence-corrected chi connectivity index (χ4v) is 2.65. The van der Waals surface area contributed by atoms with Crippen molar-refractivity contribution in [1.29, 1.82) is 0 Å². The van der Waals surface area contributed by atoms with Gasteiger partial charge in [-0.05, 0) is 44.0 Å². The van der Waals surface area contributed by atoms with E-state index < -0.39 is 0 Å². The first-order chi connectivity index (χ1) is 9.47. The van der Waals surface area contributed by atoms with Crippen molar-refractivity contribution < 1.29 is 4.39 Å². The normalized spacial score (nSPS) is 12.9. The zero-order valence-electron chi connectivity index (χ0n) is 12.4. The summed E-state index contributed by atoms with van der Waals surface area (Å²) in [6.45, 7) is 8.92. The quantitative estimate of drug-likeness (QED) is 0.884. The molecule has 2 nitrogen and oxygen atoms in total. The van der Waals surface area contributed by atoms with Crippen molar-refractivity contribution in [3.63, 3.8) is 0 Å². The highest BCUT2D eigenvalue weighted by Gasteiger charge is 2.11. The van der Waals surface area contributed by atoms with Crippen molar-refractivity contribution in [2.24, 2.45) is 5.92 Å². The number of aromatic nitrogens is 1. The summed E-state index contributed by atoms with van der Waals surface area (Å²) >= 11 is 1.68. The lowest BCUT2D eigenvalue weighted by Gasteiger charge is -2.17. The Bertz CT molecular complexity index is 578. The van der Waals surface area contributed by atoms with E-state index in [2.05, 4.69) is 44.1 Å². The molecular weight excluding hydrogens is 271 g/mol. The largest absolute Gasteiger partial charge is 0.308 e. The Morgan fingerprint density at radius 2 is 1.95 bits per heavy atom. The molecule has 0 amide bonds. The Balaban J connectivity index is 2.17. The summed E-state index contributed by atoms with van der Waals surface area (Å²) in [6, 6.07) is 7.69. The average Bonchev–Trinajstić information content (AvgIpc) is 2.84. The van der Waals surface area contributed by atoms with Gasteiger partial charge >= 0.3 is 0 Å². The summed E-state index contributed by atoms with van der Waals surface area (Å²) in [5, 5.41) is 3.32. The van der Waals surface area contributed by atoms with E-state index in [4.69, 9.17) is 0 Å². The average molecular weight is 292 g/mol. The number of nitrogens with zero attached hydrogens (tertiary/aromatic N) is 1. The first kappa shape index (κ1) is 15.1. The number of pyridine rings is 1. The highest BCUT2D eigenvalue weighted by atomic mass is 32.1. The second-order valence-corrected chi connectivity index (χ2v) is 6.74. The Labute approximate surface area is 124 Å². The monoisotopic (exact) mass is 292 g/mol. The van der Waals surface area contributed by atoms with Crippen LogP contribution in [-0.4, -0.2) is 11.0 Å². The standard InChI is InChI=1S/C16H21FN2S/c1-10(2)12(4)18-9-15-13(17)6-7-14(19-15)16-8-5-11(3)20-16/h5-8,10,12,18H,9H2,1-4H3/t12-/m1/s1. The predicted molar refractivity (Wildman–Crippen MR) is 83.4 cm³/mol. The lowest BCUT2D eigenvalue weighted by Crippen LogP contribution is -2.30. The van der Waals surface area contributed by atoms with Gasteiger partial charge in [0.25, 0.3) is 0 Å². The topological polar surface area (TPSA) is 24.9 Å². The van der Waals surface area contributed by atoms with Crippen molar-refractivity contribution in [3.8, 4) is 10.6 Å². The van der Waals surface area contributed by atoms with Crippen LogP contribution >= 0.6 is 11.3 Å². The molecule has 0 bridgehead atoms. The van der Waals surface area contributed by atoms with Crippen LogP contribution in [-0.2, 0) is 6.54 Å². The van der Waals surface area contributed by atoms with E-state index in [1.54, 1.807) is 17.4 Å². The minimum Gasteiger partial charge on any atom is -0.308 e. The van der Waals surface area contributed by atoms with Crippen LogP contribution < -0.4 is 5.32 Å². The third-order valence-electron chi connectivity index (χ3n) is 3.50. The van der Waals surface area contributed by atoms with Gasteiger partial charge in [-0.15, -0.1) is 11.3 Å². The van der Waals surface area contributed by atoms with Crippen LogP contribution in [0.5, 0.6) is 0 Å². The molecule has 2 heterocycles. The predicted octanol–water partition coefficient (Wildman–Crippen LogP) is 4.39. The molecule has 0 saturated carbocycles. The third-order valence-corrected chi connectivity index (χ3v) is 4.53. The summed E-state index contributed by atoms with van der Waals surface area (Å²) in [4.78, 5) is 6.78. The summed E-state index contributed by atoms with van der Waals surface area (Å²) in [7, 11) is 0. The first-order valence-corrected chi connectivity index (χ1v) is 7.74. The van der Waals surface area contributed by atoms with E-state index >= 15 is 0 Å². The van der Waals surface area contributed by atoms with Gasteiger partial charge in [0.2, 0.25) is 0 Å². The van der Waals surface area contributed by atoms with Gasteiger partial charge in [-0.1, -0.05) is 13.8 Å². The molecule has 20 heavy (non-hydrogen) atoms. The van der Waals surface area contributed by atoms with Crippen molar-refractivity contribution in [2.45, 2.75) is 40.3 Å². The minimum absolute atomic E-state index is 0.245. The van der Waals surface area contributed by atoms with Gasteiger partial charge in [-0.2, -0.15) is 0 Å². The molecule has 108 valence electrons. The van der Waals surface area contributed by atoms with Crippen molar-refractivity contribution in [3.05, 3.63) is 40.7 Å². The van der Waals surface area contributed by atoms with Crippen LogP contribution in [0.2, 0.25) is 0 Å². The molecule has 2 aromatic rings. The highest BCUT2D eigenvalue weighted by molar-refractivity contribution is 7.15. The molecule has 0 fully saturated rings. The molecular formula is C16H21FN2S. The van der Waals surface area contributed by atoms with E-state index in [0.29, 0.717) is 24.2 Å². The summed E-state index contributed by atoms with van der Waals surface area (Å²) in [6.07, 6.45) is 0. The van der Waals surface area contributed by atoms with Crippen LogP contribution in [0.3, 0.4) is 0 Å². The molecule has 4 heteroatoms. The van der Waals surface area contributed by atoms with Crippen LogP contribution in [0, 0.1) is 18.7 Å². The molecule has 1 N–H and O–H groups in total. The summed E-state index contributed by atoms with van der Waals surface area (Å²) < 4.78 is 13.8. The van der Waals surface area contributed by atoms with Crippen molar-refractivity contribution in [1.82, 2.24) is 10.3 Å². The number of rotatable bonds is 5. The van der Waals surface area contributed by atoms with Crippen LogP contribution in [0.4, 0.5) is 4.39 Å². The zero-order valence-corrected chi connectivity index (χ0v) is 13.2. The lowest BCUT2D eigenvalue weighted by molar-refractivity contribution is 0.418. The molecule has 2 rings (SSSR count). The Kier molecular flexibility index (Phi) is 4.89. The molecule has 2 aromatic heterocycles. The molecule has 0 aromatic carbocycles. The first-order valence-electron chi connectivity index (χ1n) is 6.93. The maximum absolute atomic E-state index is 13.8. The van der Waals surface area contributed by atoms with E-state index in [-0.39, 0.29) is 5.82 Å². The summed E-state index contributed by atoms with van der Waals surface area (Å²) in [5.74, 6) is 0.270. The van der Waals surface area contributed by atoms with Crippen molar-refractivity contribution in [2.75, 3.05) is 0 Å². The van der Waals surface area contributed by atoms with Crippen LogP contribution in [0.25, 0.3) is 10.6 Å². The van der Waals surface area contributed by atoms with E-state index in [0.717, 1.165) is 10.6 Å². The number of thiophene rings is 1. The molecule has 0 aliphatic carbocycles. The Morgan fingerprint density at radius 1 is 1.20 bits per heavy atom. The number of hydrogen-bond acceptors (Lipinski definition) is 3. The van der Waals surface area contributed by atoms with Gasteiger partial charge in [-0.25, -0.2) is 9.37 Å². The molecule has 0 spiro atoms. The number of aryl methyl sites for hydroxylation is 1. The van der Waals surface area contributed by atoms with E-state index in [1.165, 1.54) is 10.9 Å². The van der Waals surface area contributed by atoms with E-state index in [9.17, 15) is 4.39 Å². The molecule has 0 aliphatic rings. The van der Waals surface area contributed by atoms with Gasteiger partial charge in [0.1, 0.15) is 5.82 Å². The molecule has 1 atom stereocenters. The Hall–Kier alpha value is -1.26. The smallest absolute Gasteiger partial charge is 0.146 e. The minimum atomic E-state index is -0.245. The second kappa shape index (κ2) is 6.46. The third kappa shape index (κ3) is 3.64. The number of halogens is 1. The zero-order chi connectivity index (χ0) is 14.7. The molecule has 0 aliphatic heterocycles. The van der Waals surface area contributed by atoms with Gasteiger partial charge < -0.3 is 5.32 Å². The fourth-order valence-electron chi connectivity index (χ4n) is 1.81. The molecule has 0 saturated heterocycles. The van der Waals surface area contributed by atoms with Gasteiger partial charge in [-0.3, -0.25) is 0 Å². The van der Waals surface area contributed by atoms with Crippen LogP contribution in [0.1, 0.15) is 31.3 Å². The molecule has 0 unspecified atom stereocenters. The fraction of sp³-hybridized carbons (Fsp3) is 0.438. The number of hydrogen-bond donors (Lipinski definition) is 1. The van der Waals surface area contributed by atoms with Gasteiger partial charge in [0, 0.05) is 17.5 Å². The van der Waals surface area contributed by atoms with Gasteiger partial charge in [0.15, 0.2) is 0 Å². The van der Waals surface area contributed by atoms with Crippen molar-refractivity contribution >= 4 is 11.3 Å². The maximum Gasteiger partial charge on any atom is 0.146 e. The van der Waals surface area contributed by atoms with Crippen LogP contribution in [0.15, 0.2) is 24.3 Å².